The molecule has 0 saturated carbocycles. The van der Waals surface area contributed by atoms with Crippen LogP contribution in [0.2, 0.25) is 5.02 Å². The van der Waals surface area contributed by atoms with E-state index in [1.54, 1.807) is 6.07 Å². The fourth-order valence-electron chi connectivity index (χ4n) is 2.10. The summed E-state index contributed by atoms with van der Waals surface area (Å²) >= 11 is 5.74. The third-order valence-corrected chi connectivity index (χ3v) is 3.29. The van der Waals surface area contributed by atoms with Crippen molar-refractivity contribution in [2.75, 3.05) is 13.1 Å². The predicted molar refractivity (Wildman–Crippen MR) is 60.7 cm³/mol. The first-order valence-electron chi connectivity index (χ1n) is 5.41. The van der Waals surface area contributed by atoms with Crippen LogP contribution in [0.3, 0.4) is 0 Å². The van der Waals surface area contributed by atoms with Crippen LogP contribution < -0.4 is 5.32 Å². The summed E-state index contributed by atoms with van der Waals surface area (Å²) in [6, 6.07) is 5.26. The number of hydrogen-bond donors (Lipinski definition) is 1. The highest BCUT2D eigenvalue weighted by Gasteiger charge is 2.16. The second kappa shape index (κ2) is 4.95. The van der Waals surface area contributed by atoms with Crippen LogP contribution in [0.15, 0.2) is 18.2 Å². The average molecular weight is 228 g/mol. The van der Waals surface area contributed by atoms with Gasteiger partial charge in [0.2, 0.25) is 0 Å². The van der Waals surface area contributed by atoms with Gasteiger partial charge in [-0.25, -0.2) is 4.39 Å². The van der Waals surface area contributed by atoms with E-state index in [9.17, 15) is 4.39 Å². The minimum atomic E-state index is -0.238. The maximum atomic E-state index is 13.6. The predicted octanol–water partition coefficient (Wildman–Crippen LogP) is 3.02. The number of nitrogens with one attached hydrogen (secondary N) is 1. The minimum Gasteiger partial charge on any atom is -0.317 e. The lowest BCUT2D eigenvalue weighted by atomic mass is 9.91. The molecule has 1 nitrogen and oxygen atoms in total. The van der Waals surface area contributed by atoms with Crippen LogP contribution >= 0.6 is 11.6 Å². The molecule has 0 spiro atoms. The number of rotatable bonds is 2. The van der Waals surface area contributed by atoms with E-state index >= 15 is 0 Å². The van der Waals surface area contributed by atoms with E-state index in [0.717, 1.165) is 37.9 Å². The Kier molecular flexibility index (Phi) is 3.60. The van der Waals surface area contributed by atoms with Gasteiger partial charge in [-0.15, -0.1) is 0 Å². The standard InChI is InChI=1S/C12H15ClFN/c13-11-3-1-2-10(12(11)14)8-9-4-6-15-7-5-9/h1-3,9,15H,4-8H2. The zero-order valence-electron chi connectivity index (χ0n) is 8.60. The third kappa shape index (κ3) is 2.70. The van der Waals surface area contributed by atoms with E-state index < -0.39 is 0 Å². The molecular formula is C12H15ClFN. The van der Waals surface area contributed by atoms with Crippen molar-refractivity contribution in [3.8, 4) is 0 Å². The first-order valence-corrected chi connectivity index (χ1v) is 5.79. The molecule has 0 atom stereocenters. The number of piperidine rings is 1. The summed E-state index contributed by atoms with van der Waals surface area (Å²) in [5.41, 5.74) is 0.759. The summed E-state index contributed by atoms with van der Waals surface area (Å²) in [6.45, 7) is 2.10. The maximum absolute atomic E-state index is 13.6. The van der Waals surface area contributed by atoms with Crippen LogP contribution in [0.4, 0.5) is 4.39 Å². The van der Waals surface area contributed by atoms with Crippen LogP contribution in [-0.4, -0.2) is 13.1 Å². The van der Waals surface area contributed by atoms with E-state index in [1.165, 1.54) is 0 Å². The van der Waals surface area contributed by atoms with Crippen LogP contribution in [0.25, 0.3) is 0 Å². The smallest absolute Gasteiger partial charge is 0.144 e. The molecule has 0 bridgehead atoms. The molecule has 15 heavy (non-hydrogen) atoms. The minimum absolute atomic E-state index is 0.237. The van der Waals surface area contributed by atoms with Gasteiger partial charge in [0.05, 0.1) is 5.02 Å². The Morgan fingerprint density at radius 1 is 1.33 bits per heavy atom. The molecule has 1 aliphatic rings. The Labute approximate surface area is 94.6 Å². The highest BCUT2D eigenvalue weighted by Crippen LogP contribution is 2.23. The second-order valence-corrected chi connectivity index (χ2v) is 4.52. The second-order valence-electron chi connectivity index (χ2n) is 4.11. The molecule has 1 saturated heterocycles. The van der Waals surface area contributed by atoms with Gasteiger partial charge in [-0.3, -0.25) is 0 Å². The Morgan fingerprint density at radius 3 is 2.80 bits per heavy atom. The van der Waals surface area contributed by atoms with Gasteiger partial charge < -0.3 is 5.32 Å². The number of halogens is 2. The zero-order valence-corrected chi connectivity index (χ0v) is 9.36. The van der Waals surface area contributed by atoms with Gasteiger partial charge in [-0.2, -0.15) is 0 Å². The van der Waals surface area contributed by atoms with Crippen molar-refractivity contribution in [3.63, 3.8) is 0 Å². The highest BCUT2D eigenvalue weighted by atomic mass is 35.5. The molecule has 0 radical (unpaired) electrons. The van der Waals surface area contributed by atoms with Gasteiger partial charge >= 0.3 is 0 Å². The molecule has 0 aliphatic carbocycles. The molecule has 1 heterocycles. The highest BCUT2D eigenvalue weighted by molar-refractivity contribution is 6.30. The van der Waals surface area contributed by atoms with Crippen molar-refractivity contribution in [1.82, 2.24) is 5.32 Å². The largest absolute Gasteiger partial charge is 0.317 e. The molecule has 0 amide bonds. The topological polar surface area (TPSA) is 12.0 Å². The molecule has 1 N–H and O–H groups in total. The molecule has 0 unspecified atom stereocenters. The molecule has 0 aromatic heterocycles. The van der Waals surface area contributed by atoms with E-state index in [1.807, 2.05) is 12.1 Å². The first kappa shape index (κ1) is 10.9. The SMILES string of the molecule is Fc1c(Cl)cccc1CC1CCNCC1. The normalized spacial score (nSPS) is 18.0. The first-order chi connectivity index (χ1) is 7.27. The quantitative estimate of drug-likeness (QED) is 0.819. The number of benzene rings is 1. The van der Waals surface area contributed by atoms with Crippen LogP contribution in [0.5, 0.6) is 0 Å². The van der Waals surface area contributed by atoms with Gasteiger partial charge in [0, 0.05) is 0 Å². The molecule has 3 heteroatoms. The zero-order chi connectivity index (χ0) is 10.7. The summed E-state index contributed by atoms with van der Waals surface area (Å²) < 4.78 is 13.6. The van der Waals surface area contributed by atoms with Crippen LogP contribution in [0.1, 0.15) is 18.4 Å². The van der Waals surface area contributed by atoms with Gasteiger partial charge in [-0.1, -0.05) is 23.7 Å². The monoisotopic (exact) mass is 227 g/mol. The van der Waals surface area contributed by atoms with E-state index in [4.69, 9.17) is 11.6 Å². The summed E-state index contributed by atoms with van der Waals surface area (Å²) in [5, 5.41) is 3.54. The lowest BCUT2D eigenvalue weighted by Gasteiger charge is -2.22. The molecule has 1 aromatic carbocycles. The maximum Gasteiger partial charge on any atom is 0.144 e. The van der Waals surface area contributed by atoms with Crippen LogP contribution in [-0.2, 0) is 6.42 Å². The Hall–Kier alpha value is -0.600. The summed E-state index contributed by atoms with van der Waals surface area (Å²) in [4.78, 5) is 0. The lowest BCUT2D eigenvalue weighted by molar-refractivity contribution is 0.368. The van der Waals surface area contributed by atoms with Crippen molar-refractivity contribution in [2.45, 2.75) is 19.3 Å². The fourth-order valence-corrected chi connectivity index (χ4v) is 2.30. The molecular weight excluding hydrogens is 213 g/mol. The van der Waals surface area contributed by atoms with E-state index in [-0.39, 0.29) is 10.8 Å². The lowest BCUT2D eigenvalue weighted by Crippen LogP contribution is -2.28. The molecule has 82 valence electrons. The molecule has 1 aromatic rings. The molecule has 1 fully saturated rings. The summed E-state index contributed by atoms with van der Waals surface area (Å²) in [6.07, 6.45) is 3.08. The van der Waals surface area contributed by atoms with Crippen LogP contribution in [0, 0.1) is 11.7 Å². The Morgan fingerprint density at radius 2 is 2.07 bits per heavy atom. The van der Waals surface area contributed by atoms with Gasteiger partial charge in [0.25, 0.3) is 0 Å². The van der Waals surface area contributed by atoms with Gasteiger partial charge in [0.15, 0.2) is 0 Å². The van der Waals surface area contributed by atoms with Crippen molar-refractivity contribution in [2.24, 2.45) is 5.92 Å². The van der Waals surface area contributed by atoms with E-state index in [2.05, 4.69) is 5.32 Å². The van der Waals surface area contributed by atoms with Gasteiger partial charge in [0.1, 0.15) is 5.82 Å². The molecule has 2 rings (SSSR count). The third-order valence-electron chi connectivity index (χ3n) is 3.00. The summed E-state index contributed by atoms with van der Waals surface area (Å²) in [7, 11) is 0. The fraction of sp³-hybridized carbons (Fsp3) is 0.500. The number of hydrogen-bond acceptors (Lipinski definition) is 1. The van der Waals surface area contributed by atoms with Crippen molar-refractivity contribution in [3.05, 3.63) is 34.6 Å². The molecule has 1 aliphatic heterocycles. The van der Waals surface area contributed by atoms with Crippen molar-refractivity contribution < 1.29 is 4.39 Å². The van der Waals surface area contributed by atoms with Crippen molar-refractivity contribution >= 4 is 11.6 Å². The Bertz CT molecular complexity index is 334. The van der Waals surface area contributed by atoms with Crippen molar-refractivity contribution in [1.29, 1.82) is 0 Å². The Balaban J connectivity index is 2.06. The summed E-state index contributed by atoms with van der Waals surface area (Å²) in [5.74, 6) is 0.358. The van der Waals surface area contributed by atoms with E-state index in [0.29, 0.717) is 5.92 Å². The average Bonchev–Trinajstić information content (AvgIpc) is 2.26. The van der Waals surface area contributed by atoms with Gasteiger partial charge in [-0.05, 0) is 49.9 Å².